The molecule has 3 saturated heterocycles. The van der Waals surface area contributed by atoms with Gasteiger partial charge in [0.1, 0.15) is 0 Å². The Kier molecular flexibility index (Phi) is 5.58. The van der Waals surface area contributed by atoms with Crippen molar-refractivity contribution in [3.05, 3.63) is 33.7 Å². The average Bonchev–Trinajstić information content (AvgIpc) is 3.32. The number of nitrogens with one attached hydrogen (secondary N) is 1. The predicted octanol–water partition coefficient (Wildman–Crippen LogP) is 1.86. The average molecular weight is 415 g/mol. The zero-order valence-corrected chi connectivity index (χ0v) is 18.0. The summed E-state index contributed by atoms with van der Waals surface area (Å²) in [5.41, 5.74) is 2.20. The fourth-order valence-corrected chi connectivity index (χ4v) is 5.92. The van der Waals surface area contributed by atoms with E-state index in [4.69, 9.17) is 4.74 Å². The molecule has 1 aromatic rings. The van der Waals surface area contributed by atoms with Crippen molar-refractivity contribution in [1.82, 2.24) is 19.7 Å². The first kappa shape index (κ1) is 20.1. The molecule has 7 nitrogen and oxygen atoms in total. The zero-order valence-electron chi connectivity index (χ0n) is 18.0. The molecule has 4 aliphatic rings. The van der Waals surface area contributed by atoms with Crippen molar-refractivity contribution in [2.24, 2.45) is 17.8 Å². The molecule has 1 aromatic heterocycles. The first-order valence-electron chi connectivity index (χ1n) is 11.7. The topological polar surface area (TPSA) is 66.8 Å². The number of nitrogens with zero attached hydrogens (tertiary/aromatic N) is 3. The van der Waals surface area contributed by atoms with Gasteiger partial charge in [-0.1, -0.05) is 19.4 Å². The van der Waals surface area contributed by atoms with E-state index in [-0.39, 0.29) is 17.5 Å². The summed E-state index contributed by atoms with van der Waals surface area (Å²) < 4.78 is 7.59. The molecule has 0 spiro atoms. The standard InChI is InChI=1S/C23H34N4O3/c1-2-3-6-24-23(29)26-8-16-7-18(13-26)21-5-4-17(22(28)27(21)9-16)10-25-11-19-14-30-15-20(19)12-25/h4-5,16,18-20H,2-3,6-15H2,1H3,(H,24,29)/t16-,18+,19-,20+/m0/s1. The lowest BCUT2D eigenvalue weighted by atomic mass is 9.83. The van der Waals surface area contributed by atoms with Gasteiger partial charge in [0.2, 0.25) is 0 Å². The number of carbonyl (C=O) groups is 1. The number of rotatable bonds is 5. The Hall–Kier alpha value is -1.86. The molecule has 0 aliphatic carbocycles. The van der Waals surface area contributed by atoms with Gasteiger partial charge < -0.3 is 19.5 Å². The molecule has 1 N–H and O–H groups in total. The Balaban J connectivity index is 1.28. The number of piperidine rings is 1. The van der Waals surface area contributed by atoms with Crippen LogP contribution in [0.1, 0.15) is 43.4 Å². The summed E-state index contributed by atoms with van der Waals surface area (Å²) in [6.07, 6.45) is 3.17. The van der Waals surface area contributed by atoms with E-state index in [1.54, 1.807) is 0 Å². The number of unbranched alkanes of at least 4 members (excludes halogenated alkanes) is 1. The van der Waals surface area contributed by atoms with Gasteiger partial charge in [0.15, 0.2) is 0 Å². The van der Waals surface area contributed by atoms with Crippen molar-refractivity contribution in [2.45, 2.75) is 45.2 Å². The van der Waals surface area contributed by atoms with Gasteiger partial charge in [0.25, 0.3) is 5.56 Å². The van der Waals surface area contributed by atoms with Gasteiger partial charge >= 0.3 is 6.03 Å². The molecular formula is C23H34N4O3. The van der Waals surface area contributed by atoms with E-state index in [2.05, 4.69) is 23.2 Å². The second-order valence-electron chi connectivity index (χ2n) is 9.74. The molecule has 4 atom stereocenters. The van der Waals surface area contributed by atoms with Crippen LogP contribution in [0.25, 0.3) is 0 Å². The number of ether oxygens (including phenoxy) is 1. The van der Waals surface area contributed by atoms with Gasteiger partial charge in [-0.15, -0.1) is 0 Å². The van der Waals surface area contributed by atoms with Gasteiger partial charge in [-0.3, -0.25) is 9.69 Å². The predicted molar refractivity (Wildman–Crippen MR) is 115 cm³/mol. The highest BCUT2D eigenvalue weighted by atomic mass is 16.5. The van der Waals surface area contributed by atoms with Crippen LogP contribution in [0.15, 0.2) is 16.9 Å². The largest absolute Gasteiger partial charge is 0.381 e. The van der Waals surface area contributed by atoms with Gasteiger partial charge in [0.05, 0.1) is 13.2 Å². The monoisotopic (exact) mass is 414 g/mol. The van der Waals surface area contributed by atoms with Crippen LogP contribution in [0.4, 0.5) is 4.79 Å². The number of aromatic nitrogens is 1. The van der Waals surface area contributed by atoms with Gasteiger partial charge in [0, 0.05) is 74.8 Å². The molecule has 2 amide bonds. The molecule has 164 valence electrons. The van der Waals surface area contributed by atoms with Crippen molar-refractivity contribution >= 4 is 6.03 Å². The lowest BCUT2D eigenvalue weighted by molar-refractivity contribution is 0.130. The summed E-state index contributed by atoms with van der Waals surface area (Å²) in [4.78, 5) is 30.2. The third kappa shape index (κ3) is 3.78. The Morgan fingerprint density at radius 3 is 2.70 bits per heavy atom. The minimum atomic E-state index is 0.0501. The summed E-state index contributed by atoms with van der Waals surface area (Å²) >= 11 is 0. The molecule has 0 unspecified atom stereocenters. The van der Waals surface area contributed by atoms with Gasteiger partial charge in [-0.05, 0) is 24.8 Å². The lowest BCUT2D eigenvalue weighted by Gasteiger charge is -2.42. The van der Waals surface area contributed by atoms with Crippen molar-refractivity contribution < 1.29 is 9.53 Å². The maximum absolute atomic E-state index is 13.3. The lowest BCUT2D eigenvalue weighted by Crippen LogP contribution is -2.52. The second-order valence-corrected chi connectivity index (χ2v) is 9.74. The summed E-state index contributed by atoms with van der Waals surface area (Å²) in [6, 6.07) is 4.24. The summed E-state index contributed by atoms with van der Waals surface area (Å²) in [5.74, 6) is 1.90. The minimum Gasteiger partial charge on any atom is -0.381 e. The molecule has 2 bridgehead atoms. The number of likely N-dealkylation sites (tertiary alicyclic amines) is 2. The quantitative estimate of drug-likeness (QED) is 0.747. The summed E-state index contributed by atoms with van der Waals surface area (Å²) in [7, 11) is 0. The number of urea groups is 1. The fraction of sp³-hybridized carbons (Fsp3) is 0.739. The third-order valence-electron chi connectivity index (χ3n) is 7.49. The molecule has 0 radical (unpaired) electrons. The highest BCUT2D eigenvalue weighted by Gasteiger charge is 2.39. The molecule has 4 aliphatic heterocycles. The summed E-state index contributed by atoms with van der Waals surface area (Å²) in [6.45, 7) is 9.63. The maximum Gasteiger partial charge on any atom is 0.317 e. The molecule has 7 heteroatoms. The van der Waals surface area contributed by atoms with Crippen LogP contribution in [0.3, 0.4) is 0 Å². The van der Waals surface area contributed by atoms with E-state index in [0.717, 1.165) is 83.0 Å². The Morgan fingerprint density at radius 2 is 1.93 bits per heavy atom. The molecule has 30 heavy (non-hydrogen) atoms. The number of pyridine rings is 1. The smallest absolute Gasteiger partial charge is 0.317 e. The van der Waals surface area contributed by atoms with Crippen molar-refractivity contribution in [3.63, 3.8) is 0 Å². The molecule has 0 aromatic carbocycles. The van der Waals surface area contributed by atoms with Crippen LogP contribution in [-0.2, 0) is 17.8 Å². The Bertz CT molecular complexity index is 841. The van der Waals surface area contributed by atoms with Crippen LogP contribution in [0.2, 0.25) is 0 Å². The molecular weight excluding hydrogens is 380 g/mol. The normalized spacial score (nSPS) is 30.2. The van der Waals surface area contributed by atoms with Crippen molar-refractivity contribution in [2.75, 3.05) is 45.9 Å². The SMILES string of the molecule is CCCCNC(=O)N1C[C@@H]2C[C@H](C1)c1ccc(CN3C[C@H]4COC[C@H]4C3)c(=O)n1C2. The Labute approximate surface area is 178 Å². The molecule has 5 heterocycles. The van der Waals surface area contributed by atoms with E-state index in [1.165, 1.54) is 0 Å². The van der Waals surface area contributed by atoms with Crippen LogP contribution < -0.4 is 10.9 Å². The number of fused-ring (bicyclic) bond motifs is 5. The molecule has 3 fully saturated rings. The van der Waals surface area contributed by atoms with Crippen LogP contribution in [-0.4, -0.2) is 66.3 Å². The third-order valence-corrected chi connectivity index (χ3v) is 7.49. The number of carbonyl (C=O) groups excluding carboxylic acids is 1. The van der Waals surface area contributed by atoms with Gasteiger partial charge in [-0.25, -0.2) is 4.79 Å². The van der Waals surface area contributed by atoms with E-state index in [0.29, 0.717) is 24.3 Å². The highest BCUT2D eigenvalue weighted by Crippen LogP contribution is 2.35. The number of hydrogen-bond donors (Lipinski definition) is 1. The summed E-state index contributed by atoms with van der Waals surface area (Å²) in [5, 5.41) is 3.05. The number of amides is 2. The first-order valence-corrected chi connectivity index (χ1v) is 11.7. The van der Waals surface area contributed by atoms with E-state index in [1.807, 2.05) is 15.5 Å². The number of hydrogen-bond acceptors (Lipinski definition) is 4. The van der Waals surface area contributed by atoms with Crippen molar-refractivity contribution in [1.29, 1.82) is 0 Å². The first-order chi connectivity index (χ1) is 14.6. The van der Waals surface area contributed by atoms with Crippen molar-refractivity contribution in [3.8, 4) is 0 Å². The zero-order chi connectivity index (χ0) is 20.7. The molecule has 0 saturated carbocycles. The highest BCUT2D eigenvalue weighted by molar-refractivity contribution is 5.74. The maximum atomic E-state index is 13.3. The van der Waals surface area contributed by atoms with Crippen LogP contribution in [0.5, 0.6) is 0 Å². The van der Waals surface area contributed by atoms with Crippen LogP contribution >= 0.6 is 0 Å². The molecule has 5 rings (SSSR count). The van der Waals surface area contributed by atoms with Crippen LogP contribution in [0, 0.1) is 17.8 Å². The fourth-order valence-electron chi connectivity index (χ4n) is 5.92. The van der Waals surface area contributed by atoms with Gasteiger partial charge in [-0.2, -0.15) is 0 Å². The minimum absolute atomic E-state index is 0.0501. The Morgan fingerprint density at radius 1 is 1.13 bits per heavy atom. The van der Waals surface area contributed by atoms with E-state index < -0.39 is 0 Å². The van der Waals surface area contributed by atoms with E-state index in [9.17, 15) is 9.59 Å². The van der Waals surface area contributed by atoms with E-state index >= 15 is 0 Å². The second kappa shape index (κ2) is 8.35.